The largest absolute Gasteiger partial charge is 0.282 e. The topological polar surface area (TPSA) is 30.7 Å². The number of alkyl halides is 1. The van der Waals surface area contributed by atoms with Crippen molar-refractivity contribution in [3.8, 4) is 5.69 Å². The van der Waals surface area contributed by atoms with Crippen LogP contribution in [0.3, 0.4) is 0 Å². The molecule has 17 heavy (non-hydrogen) atoms. The van der Waals surface area contributed by atoms with Crippen molar-refractivity contribution in [3.05, 3.63) is 40.4 Å². The van der Waals surface area contributed by atoms with E-state index in [1.165, 1.54) is 0 Å². The van der Waals surface area contributed by atoms with Gasteiger partial charge in [-0.2, -0.15) is 0 Å². The number of hydrogen-bond donors (Lipinski definition) is 0. The van der Waals surface area contributed by atoms with Crippen LogP contribution in [0, 0.1) is 6.92 Å². The van der Waals surface area contributed by atoms with Crippen LogP contribution in [-0.4, -0.2) is 14.8 Å². The summed E-state index contributed by atoms with van der Waals surface area (Å²) < 4.78 is 2.00. The summed E-state index contributed by atoms with van der Waals surface area (Å²) in [7, 11) is 0. The summed E-state index contributed by atoms with van der Waals surface area (Å²) in [5.41, 5.74) is 2.12. The van der Waals surface area contributed by atoms with Crippen LogP contribution in [-0.2, 0) is 12.3 Å². The molecule has 1 heterocycles. The number of rotatable bonds is 3. The van der Waals surface area contributed by atoms with Gasteiger partial charge in [-0.25, -0.2) is 0 Å². The lowest BCUT2D eigenvalue weighted by molar-refractivity contribution is 0.862. The Kier molecular flexibility index (Phi) is 3.69. The normalized spacial score (nSPS) is 10.8. The molecule has 0 amide bonds. The second-order valence-electron chi connectivity index (χ2n) is 3.79. The summed E-state index contributed by atoms with van der Waals surface area (Å²) in [4.78, 5) is 0. The molecule has 90 valence electrons. The van der Waals surface area contributed by atoms with Gasteiger partial charge in [0.25, 0.3) is 0 Å². The molecule has 0 fully saturated rings. The van der Waals surface area contributed by atoms with Gasteiger partial charge in [0, 0.05) is 11.4 Å². The molecular formula is C12H13Cl2N3. The van der Waals surface area contributed by atoms with Gasteiger partial charge in [-0.15, -0.1) is 21.8 Å². The number of nitrogens with zero attached hydrogens (tertiary/aromatic N) is 3. The zero-order valence-corrected chi connectivity index (χ0v) is 11.3. The van der Waals surface area contributed by atoms with Crippen molar-refractivity contribution >= 4 is 23.2 Å². The van der Waals surface area contributed by atoms with E-state index in [2.05, 4.69) is 10.2 Å². The molecule has 0 spiro atoms. The lowest BCUT2D eigenvalue weighted by Crippen LogP contribution is -2.05. The van der Waals surface area contributed by atoms with Crippen LogP contribution < -0.4 is 0 Å². The number of benzene rings is 1. The molecule has 3 nitrogen and oxygen atoms in total. The van der Waals surface area contributed by atoms with Crippen molar-refractivity contribution in [3.63, 3.8) is 0 Å². The quantitative estimate of drug-likeness (QED) is 0.799. The number of aromatic nitrogens is 3. The van der Waals surface area contributed by atoms with E-state index in [0.717, 1.165) is 34.3 Å². The van der Waals surface area contributed by atoms with Gasteiger partial charge < -0.3 is 0 Å². The molecule has 0 saturated carbocycles. The van der Waals surface area contributed by atoms with Gasteiger partial charge in [0.1, 0.15) is 5.82 Å². The van der Waals surface area contributed by atoms with E-state index in [9.17, 15) is 0 Å². The molecule has 0 N–H and O–H groups in total. The van der Waals surface area contributed by atoms with Crippen molar-refractivity contribution in [2.45, 2.75) is 26.1 Å². The minimum atomic E-state index is 0.342. The molecule has 0 saturated heterocycles. The highest BCUT2D eigenvalue weighted by Crippen LogP contribution is 2.22. The predicted octanol–water partition coefficient (Wildman–Crippen LogP) is 3.53. The second kappa shape index (κ2) is 5.07. The fourth-order valence-corrected chi connectivity index (χ4v) is 2.22. The fourth-order valence-electron chi connectivity index (χ4n) is 1.82. The predicted molar refractivity (Wildman–Crippen MR) is 70.0 cm³/mol. The molecule has 1 aromatic heterocycles. The van der Waals surface area contributed by atoms with Gasteiger partial charge in [-0.1, -0.05) is 18.5 Å². The third kappa shape index (κ3) is 2.31. The zero-order valence-electron chi connectivity index (χ0n) is 9.74. The standard InChI is InChI=1S/C12H13Cl2N3/c1-3-11-15-16-12(7-13)17(11)10-5-4-9(14)6-8(10)2/h4-6H,3,7H2,1-2H3. The van der Waals surface area contributed by atoms with Crippen molar-refractivity contribution in [1.29, 1.82) is 0 Å². The van der Waals surface area contributed by atoms with Crippen LogP contribution in [0.5, 0.6) is 0 Å². The van der Waals surface area contributed by atoms with Gasteiger partial charge in [0.2, 0.25) is 0 Å². The first kappa shape index (κ1) is 12.4. The Morgan fingerprint density at radius 3 is 2.53 bits per heavy atom. The van der Waals surface area contributed by atoms with Crippen LogP contribution in [0.15, 0.2) is 18.2 Å². The molecule has 0 atom stereocenters. The van der Waals surface area contributed by atoms with Crippen molar-refractivity contribution < 1.29 is 0 Å². The molecule has 0 aliphatic carbocycles. The summed E-state index contributed by atoms with van der Waals surface area (Å²) in [6, 6.07) is 5.76. The summed E-state index contributed by atoms with van der Waals surface area (Å²) in [6.07, 6.45) is 0.811. The SMILES string of the molecule is CCc1nnc(CCl)n1-c1ccc(Cl)cc1C. The van der Waals surface area contributed by atoms with Crippen LogP contribution in [0.1, 0.15) is 24.1 Å². The van der Waals surface area contributed by atoms with E-state index < -0.39 is 0 Å². The number of halogens is 2. The first-order valence-electron chi connectivity index (χ1n) is 5.43. The summed E-state index contributed by atoms with van der Waals surface area (Å²) in [5, 5.41) is 8.96. The van der Waals surface area contributed by atoms with E-state index in [4.69, 9.17) is 23.2 Å². The minimum Gasteiger partial charge on any atom is -0.282 e. The molecule has 2 aromatic rings. The van der Waals surface area contributed by atoms with Crippen LogP contribution in [0.25, 0.3) is 5.69 Å². The van der Waals surface area contributed by atoms with Gasteiger partial charge in [0.05, 0.1) is 11.6 Å². The van der Waals surface area contributed by atoms with Gasteiger partial charge >= 0.3 is 0 Å². The summed E-state index contributed by atoms with van der Waals surface area (Å²) in [5.74, 6) is 2.01. The van der Waals surface area contributed by atoms with Gasteiger partial charge in [-0.05, 0) is 30.7 Å². The summed E-state index contributed by atoms with van der Waals surface area (Å²) in [6.45, 7) is 4.06. The van der Waals surface area contributed by atoms with E-state index >= 15 is 0 Å². The molecule has 5 heteroatoms. The molecule has 0 aliphatic rings. The summed E-state index contributed by atoms with van der Waals surface area (Å²) >= 11 is 11.8. The molecule has 0 unspecified atom stereocenters. The minimum absolute atomic E-state index is 0.342. The molecular weight excluding hydrogens is 257 g/mol. The van der Waals surface area contributed by atoms with Crippen molar-refractivity contribution in [2.75, 3.05) is 0 Å². The van der Waals surface area contributed by atoms with Gasteiger partial charge in [-0.3, -0.25) is 4.57 Å². The van der Waals surface area contributed by atoms with Crippen molar-refractivity contribution in [1.82, 2.24) is 14.8 Å². The highest BCUT2D eigenvalue weighted by Gasteiger charge is 2.13. The highest BCUT2D eigenvalue weighted by molar-refractivity contribution is 6.30. The molecule has 2 rings (SSSR count). The Balaban J connectivity index is 2.62. The molecule has 0 bridgehead atoms. The molecule has 0 aliphatic heterocycles. The van der Waals surface area contributed by atoms with Gasteiger partial charge in [0.15, 0.2) is 5.82 Å². The third-order valence-electron chi connectivity index (χ3n) is 2.63. The Morgan fingerprint density at radius 2 is 1.94 bits per heavy atom. The molecule has 0 radical (unpaired) electrons. The Bertz CT molecular complexity index is 513. The average molecular weight is 270 g/mol. The highest BCUT2D eigenvalue weighted by atomic mass is 35.5. The number of aryl methyl sites for hydroxylation is 2. The maximum atomic E-state index is 5.96. The van der Waals surface area contributed by atoms with E-state index in [1.807, 2.05) is 36.6 Å². The Morgan fingerprint density at radius 1 is 1.24 bits per heavy atom. The maximum absolute atomic E-state index is 5.96. The van der Waals surface area contributed by atoms with Crippen LogP contribution >= 0.6 is 23.2 Å². The Hall–Kier alpha value is -1.06. The smallest absolute Gasteiger partial charge is 0.152 e. The van der Waals surface area contributed by atoms with E-state index in [1.54, 1.807) is 0 Å². The van der Waals surface area contributed by atoms with E-state index in [-0.39, 0.29) is 0 Å². The lowest BCUT2D eigenvalue weighted by Gasteiger charge is -2.11. The second-order valence-corrected chi connectivity index (χ2v) is 4.49. The Labute approximate surface area is 110 Å². The maximum Gasteiger partial charge on any atom is 0.152 e. The van der Waals surface area contributed by atoms with E-state index in [0.29, 0.717) is 5.88 Å². The van der Waals surface area contributed by atoms with Crippen LogP contribution in [0.2, 0.25) is 5.02 Å². The first-order chi connectivity index (χ1) is 8.17. The zero-order chi connectivity index (χ0) is 12.4. The van der Waals surface area contributed by atoms with Crippen molar-refractivity contribution in [2.24, 2.45) is 0 Å². The third-order valence-corrected chi connectivity index (χ3v) is 3.11. The molecule has 1 aromatic carbocycles. The van der Waals surface area contributed by atoms with Crippen LogP contribution in [0.4, 0.5) is 0 Å². The lowest BCUT2D eigenvalue weighted by atomic mass is 10.2. The number of hydrogen-bond acceptors (Lipinski definition) is 2. The fraction of sp³-hybridized carbons (Fsp3) is 0.333. The average Bonchev–Trinajstić information content (AvgIpc) is 2.71. The first-order valence-corrected chi connectivity index (χ1v) is 6.34. The monoisotopic (exact) mass is 269 g/mol.